The second-order valence-electron chi connectivity index (χ2n) is 4.23. The molecular formula is C14H10FNO4S. The van der Waals surface area contributed by atoms with E-state index in [1.165, 1.54) is 19.1 Å². The number of aromatic carboxylic acids is 1. The minimum absolute atomic E-state index is 0.0405. The lowest BCUT2D eigenvalue weighted by Crippen LogP contribution is -1.99. The van der Waals surface area contributed by atoms with Gasteiger partial charge in [0.05, 0.1) is 21.4 Å². The molecule has 0 amide bonds. The van der Waals surface area contributed by atoms with Gasteiger partial charge in [-0.05, 0) is 30.7 Å². The van der Waals surface area contributed by atoms with E-state index >= 15 is 0 Å². The SMILES string of the molecule is Cc1cc(Sc2ccccc2C(=O)O)c([N+](=O)[O-])cc1F. The average molecular weight is 307 g/mol. The number of nitrogens with zero attached hydrogens (tertiary/aromatic N) is 1. The molecule has 2 rings (SSSR count). The summed E-state index contributed by atoms with van der Waals surface area (Å²) in [6.07, 6.45) is 0. The molecule has 0 fully saturated rings. The highest BCUT2D eigenvalue weighted by atomic mass is 32.2. The summed E-state index contributed by atoms with van der Waals surface area (Å²) in [7, 11) is 0. The van der Waals surface area contributed by atoms with Crippen molar-refractivity contribution < 1.29 is 19.2 Å². The summed E-state index contributed by atoms with van der Waals surface area (Å²) in [5.74, 6) is -1.79. The van der Waals surface area contributed by atoms with Gasteiger partial charge in [0.25, 0.3) is 5.69 Å². The molecule has 108 valence electrons. The maximum atomic E-state index is 13.5. The van der Waals surface area contributed by atoms with Gasteiger partial charge in [0, 0.05) is 4.90 Å². The summed E-state index contributed by atoms with van der Waals surface area (Å²) in [6.45, 7) is 1.49. The number of rotatable bonds is 4. The monoisotopic (exact) mass is 307 g/mol. The summed E-state index contributed by atoms with van der Waals surface area (Å²) in [4.78, 5) is 22.0. The highest BCUT2D eigenvalue weighted by Gasteiger charge is 2.20. The molecule has 0 unspecified atom stereocenters. The van der Waals surface area contributed by atoms with Crippen molar-refractivity contribution in [2.75, 3.05) is 0 Å². The van der Waals surface area contributed by atoms with E-state index in [1.54, 1.807) is 18.2 Å². The predicted octanol–water partition coefficient (Wildman–Crippen LogP) is 3.89. The summed E-state index contributed by atoms with van der Waals surface area (Å²) in [5, 5.41) is 20.1. The highest BCUT2D eigenvalue weighted by Crippen LogP contribution is 2.37. The maximum absolute atomic E-state index is 13.5. The first-order chi connectivity index (χ1) is 9.90. The fourth-order valence-corrected chi connectivity index (χ4v) is 2.84. The Bertz CT molecular complexity index is 733. The van der Waals surface area contributed by atoms with Crippen LogP contribution in [0, 0.1) is 22.9 Å². The minimum Gasteiger partial charge on any atom is -0.478 e. The number of hydrogen-bond donors (Lipinski definition) is 1. The van der Waals surface area contributed by atoms with Crippen molar-refractivity contribution in [3.05, 3.63) is 63.5 Å². The first kappa shape index (κ1) is 15.0. The van der Waals surface area contributed by atoms with Gasteiger partial charge >= 0.3 is 5.97 Å². The lowest BCUT2D eigenvalue weighted by Gasteiger charge is -2.07. The number of carboxylic acid groups (broad SMARTS) is 1. The molecular weight excluding hydrogens is 297 g/mol. The van der Waals surface area contributed by atoms with Gasteiger partial charge in [-0.25, -0.2) is 9.18 Å². The molecule has 0 aliphatic carbocycles. The first-order valence-electron chi connectivity index (χ1n) is 5.85. The van der Waals surface area contributed by atoms with Gasteiger partial charge in [0.2, 0.25) is 0 Å². The third kappa shape index (κ3) is 3.19. The summed E-state index contributed by atoms with van der Waals surface area (Å²) < 4.78 is 13.5. The van der Waals surface area contributed by atoms with Gasteiger partial charge < -0.3 is 5.11 Å². The molecule has 0 saturated carbocycles. The minimum atomic E-state index is -1.13. The Kier molecular flexibility index (Phi) is 4.23. The third-order valence-corrected chi connectivity index (χ3v) is 3.90. The Morgan fingerprint density at radius 2 is 1.95 bits per heavy atom. The fourth-order valence-electron chi connectivity index (χ4n) is 1.72. The number of benzene rings is 2. The predicted molar refractivity (Wildman–Crippen MR) is 75.3 cm³/mol. The van der Waals surface area contributed by atoms with E-state index in [-0.39, 0.29) is 21.7 Å². The molecule has 0 bridgehead atoms. The average Bonchev–Trinajstić information content (AvgIpc) is 2.42. The molecule has 1 N–H and O–H groups in total. The number of aryl methyl sites for hydroxylation is 1. The number of nitro groups is 1. The van der Waals surface area contributed by atoms with Crippen LogP contribution in [0.1, 0.15) is 15.9 Å². The maximum Gasteiger partial charge on any atom is 0.336 e. The zero-order chi connectivity index (χ0) is 15.6. The largest absolute Gasteiger partial charge is 0.478 e. The van der Waals surface area contributed by atoms with Crippen molar-refractivity contribution in [3.8, 4) is 0 Å². The van der Waals surface area contributed by atoms with Gasteiger partial charge in [0.1, 0.15) is 5.82 Å². The van der Waals surface area contributed by atoms with Crippen LogP contribution in [0.3, 0.4) is 0 Å². The standard InChI is InChI=1S/C14H10FNO4S/c1-8-6-13(11(16(19)20)7-10(8)15)21-12-5-3-2-4-9(12)14(17)18/h2-7H,1H3,(H,17,18). The normalized spacial score (nSPS) is 10.4. The molecule has 2 aromatic carbocycles. The molecule has 0 aliphatic heterocycles. The van der Waals surface area contributed by atoms with Crippen LogP contribution in [-0.4, -0.2) is 16.0 Å². The lowest BCUT2D eigenvalue weighted by atomic mass is 10.2. The number of nitro benzene ring substituents is 1. The Morgan fingerprint density at radius 3 is 2.57 bits per heavy atom. The Morgan fingerprint density at radius 1 is 1.29 bits per heavy atom. The zero-order valence-electron chi connectivity index (χ0n) is 10.9. The summed E-state index contributed by atoms with van der Waals surface area (Å²) in [6, 6.07) is 8.36. The van der Waals surface area contributed by atoms with Crippen LogP contribution in [0.2, 0.25) is 0 Å². The molecule has 21 heavy (non-hydrogen) atoms. The van der Waals surface area contributed by atoms with Crippen LogP contribution >= 0.6 is 11.8 Å². The van der Waals surface area contributed by atoms with Gasteiger partial charge in [-0.2, -0.15) is 0 Å². The van der Waals surface area contributed by atoms with Gasteiger partial charge in [-0.3, -0.25) is 10.1 Å². The first-order valence-corrected chi connectivity index (χ1v) is 6.66. The molecule has 7 heteroatoms. The second kappa shape index (κ2) is 5.92. The summed E-state index contributed by atoms with van der Waals surface area (Å²) in [5.41, 5.74) is -0.0852. The van der Waals surface area contributed by atoms with Crippen LogP contribution in [0.25, 0.3) is 0 Å². The topological polar surface area (TPSA) is 80.4 Å². The van der Waals surface area contributed by atoms with Crippen LogP contribution in [0.5, 0.6) is 0 Å². The molecule has 0 radical (unpaired) electrons. The Balaban J connectivity index is 2.52. The van der Waals surface area contributed by atoms with Gasteiger partial charge in [-0.1, -0.05) is 23.9 Å². The Labute approximate surface area is 123 Å². The highest BCUT2D eigenvalue weighted by molar-refractivity contribution is 7.99. The summed E-state index contributed by atoms with van der Waals surface area (Å²) >= 11 is 0.931. The molecule has 0 aromatic heterocycles. The number of carbonyl (C=O) groups is 1. The van der Waals surface area contributed by atoms with Gasteiger partial charge in [-0.15, -0.1) is 0 Å². The van der Waals surface area contributed by atoms with E-state index in [9.17, 15) is 19.3 Å². The fraction of sp³-hybridized carbons (Fsp3) is 0.0714. The van der Waals surface area contributed by atoms with Crippen LogP contribution < -0.4 is 0 Å². The van der Waals surface area contributed by atoms with Crippen molar-refractivity contribution in [1.29, 1.82) is 0 Å². The van der Waals surface area contributed by atoms with E-state index in [0.29, 0.717) is 4.90 Å². The van der Waals surface area contributed by atoms with Crippen molar-refractivity contribution >= 4 is 23.4 Å². The lowest BCUT2D eigenvalue weighted by molar-refractivity contribution is -0.387. The molecule has 0 spiro atoms. The van der Waals surface area contributed by atoms with Crippen molar-refractivity contribution in [2.24, 2.45) is 0 Å². The van der Waals surface area contributed by atoms with E-state index in [2.05, 4.69) is 0 Å². The van der Waals surface area contributed by atoms with Crippen LogP contribution in [0.15, 0.2) is 46.2 Å². The molecule has 0 saturated heterocycles. The van der Waals surface area contributed by atoms with E-state index < -0.39 is 16.7 Å². The zero-order valence-corrected chi connectivity index (χ0v) is 11.7. The quantitative estimate of drug-likeness (QED) is 0.684. The molecule has 2 aromatic rings. The van der Waals surface area contributed by atoms with E-state index in [1.807, 2.05) is 0 Å². The molecule has 0 heterocycles. The number of halogens is 1. The molecule has 5 nitrogen and oxygen atoms in total. The van der Waals surface area contributed by atoms with Crippen molar-refractivity contribution in [3.63, 3.8) is 0 Å². The van der Waals surface area contributed by atoms with E-state index in [4.69, 9.17) is 5.11 Å². The Hall–Kier alpha value is -2.41. The molecule has 0 aliphatic rings. The molecule has 0 atom stereocenters. The van der Waals surface area contributed by atoms with Crippen molar-refractivity contribution in [2.45, 2.75) is 16.7 Å². The van der Waals surface area contributed by atoms with E-state index in [0.717, 1.165) is 17.8 Å². The third-order valence-electron chi connectivity index (χ3n) is 2.77. The smallest absolute Gasteiger partial charge is 0.336 e. The number of carboxylic acids is 1. The second-order valence-corrected chi connectivity index (χ2v) is 5.31. The van der Waals surface area contributed by atoms with Crippen LogP contribution in [0.4, 0.5) is 10.1 Å². The van der Waals surface area contributed by atoms with Gasteiger partial charge in [0.15, 0.2) is 0 Å². The number of hydrogen-bond acceptors (Lipinski definition) is 4. The van der Waals surface area contributed by atoms with Crippen LogP contribution in [-0.2, 0) is 0 Å². The van der Waals surface area contributed by atoms with Crippen molar-refractivity contribution in [1.82, 2.24) is 0 Å².